The molecule has 0 atom stereocenters. The summed E-state index contributed by atoms with van der Waals surface area (Å²) >= 11 is 0. The topological polar surface area (TPSA) is 40.6 Å². The predicted octanol–water partition coefficient (Wildman–Crippen LogP) is 2.67. The zero-order valence-corrected chi connectivity index (χ0v) is 13.2. The number of benzene rings is 1. The molecule has 0 aromatic heterocycles. The lowest BCUT2D eigenvalue weighted by Gasteiger charge is -2.24. The fourth-order valence-corrected chi connectivity index (χ4v) is 2.89. The SMILES string of the molecule is CC(=O)N(CCC(=O)N1CCCC1)c1ccc(C)cc1C. The lowest BCUT2D eigenvalue weighted by molar-refractivity contribution is -0.129. The van der Waals surface area contributed by atoms with Gasteiger partial charge in [-0.1, -0.05) is 17.7 Å². The molecule has 1 heterocycles. The minimum Gasteiger partial charge on any atom is -0.343 e. The lowest BCUT2D eigenvalue weighted by atomic mass is 10.1. The van der Waals surface area contributed by atoms with Crippen LogP contribution in [0.4, 0.5) is 5.69 Å². The zero-order valence-electron chi connectivity index (χ0n) is 13.2. The second-order valence-corrected chi connectivity index (χ2v) is 5.80. The normalized spacial score (nSPS) is 14.3. The van der Waals surface area contributed by atoms with Crippen LogP contribution in [0.5, 0.6) is 0 Å². The van der Waals surface area contributed by atoms with Crippen LogP contribution in [-0.2, 0) is 9.59 Å². The van der Waals surface area contributed by atoms with E-state index in [1.54, 1.807) is 11.8 Å². The van der Waals surface area contributed by atoms with E-state index < -0.39 is 0 Å². The first-order chi connectivity index (χ1) is 9.99. The van der Waals surface area contributed by atoms with Gasteiger partial charge >= 0.3 is 0 Å². The smallest absolute Gasteiger partial charge is 0.224 e. The van der Waals surface area contributed by atoms with Crippen molar-refractivity contribution in [3.63, 3.8) is 0 Å². The number of carbonyl (C=O) groups excluding carboxylic acids is 2. The molecule has 1 fully saturated rings. The molecule has 1 saturated heterocycles. The fraction of sp³-hybridized carbons (Fsp3) is 0.529. The summed E-state index contributed by atoms with van der Waals surface area (Å²) < 4.78 is 0. The van der Waals surface area contributed by atoms with Crippen LogP contribution < -0.4 is 4.90 Å². The molecule has 0 aliphatic carbocycles. The first kappa shape index (κ1) is 15.5. The van der Waals surface area contributed by atoms with Gasteiger partial charge in [0, 0.05) is 38.7 Å². The number of hydrogen-bond donors (Lipinski definition) is 0. The van der Waals surface area contributed by atoms with Crippen LogP contribution in [-0.4, -0.2) is 36.3 Å². The van der Waals surface area contributed by atoms with Crippen LogP contribution in [0.25, 0.3) is 0 Å². The molecule has 2 amide bonds. The molecule has 114 valence electrons. The van der Waals surface area contributed by atoms with Gasteiger partial charge in [-0.2, -0.15) is 0 Å². The maximum Gasteiger partial charge on any atom is 0.224 e. The highest BCUT2D eigenvalue weighted by atomic mass is 16.2. The van der Waals surface area contributed by atoms with Crippen molar-refractivity contribution in [2.75, 3.05) is 24.5 Å². The Kier molecular flexibility index (Phi) is 4.99. The third kappa shape index (κ3) is 3.84. The van der Waals surface area contributed by atoms with Gasteiger partial charge in [-0.25, -0.2) is 0 Å². The van der Waals surface area contributed by atoms with E-state index in [0.717, 1.165) is 37.2 Å². The maximum absolute atomic E-state index is 12.1. The first-order valence-corrected chi connectivity index (χ1v) is 7.62. The van der Waals surface area contributed by atoms with Crippen molar-refractivity contribution in [3.05, 3.63) is 29.3 Å². The van der Waals surface area contributed by atoms with E-state index in [1.165, 1.54) is 5.56 Å². The quantitative estimate of drug-likeness (QED) is 0.854. The van der Waals surface area contributed by atoms with Crippen molar-refractivity contribution in [1.29, 1.82) is 0 Å². The summed E-state index contributed by atoms with van der Waals surface area (Å²) in [6, 6.07) is 6.03. The van der Waals surface area contributed by atoms with Crippen LogP contribution >= 0.6 is 0 Å². The van der Waals surface area contributed by atoms with Gasteiger partial charge in [0.05, 0.1) is 0 Å². The number of nitrogens with zero attached hydrogens (tertiary/aromatic N) is 2. The maximum atomic E-state index is 12.1. The molecule has 0 unspecified atom stereocenters. The summed E-state index contributed by atoms with van der Waals surface area (Å²) in [5, 5.41) is 0. The summed E-state index contributed by atoms with van der Waals surface area (Å²) in [6.07, 6.45) is 2.59. The Labute approximate surface area is 126 Å². The van der Waals surface area contributed by atoms with Gasteiger partial charge in [-0.15, -0.1) is 0 Å². The number of anilines is 1. The number of rotatable bonds is 4. The van der Waals surface area contributed by atoms with Gasteiger partial charge in [-0.05, 0) is 38.3 Å². The lowest BCUT2D eigenvalue weighted by Crippen LogP contribution is -2.35. The van der Waals surface area contributed by atoms with Gasteiger partial charge in [0.25, 0.3) is 0 Å². The average Bonchev–Trinajstić information content (AvgIpc) is 2.94. The number of likely N-dealkylation sites (tertiary alicyclic amines) is 1. The fourth-order valence-electron chi connectivity index (χ4n) is 2.89. The van der Waals surface area contributed by atoms with Crippen molar-refractivity contribution in [2.45, 2.75) is 40.0 Å². The molecular formula is C17H24N2O2. The Morgan fingerprint density at radius 1 is 1.19 bits per heavy atom. The number of aryl methyl sites for hydroxylation is 2. The molecule has 21 heavy (non-hydrogen) atoms. The molecule has 0 radical (unpaired) electrons. The van der Waals surface area contributed by atoms with Gasteiger partial charge in [-0.3, -0.25) is 9.59 Å². The molecule has 1 aromatic carbocycles. The Bertz CT molecular complexity index is 534. The average molecular weight is 288 g/mol. The summed E-state index contributed by atoms with van der Waals surface area (Å²) in [5.74, 6) is 0.139. The summed E-state index contributed by atoms with van der Waals surface area (Å²) in [6.45, 7) is 7.77. The second kappa shape index (κ2) is 6.74. The standard InChI is InChI=1S/C17H24N2O2/c1-13-6-7-16(14(2)12-13)19(15(3)20)11-8-17(21)18-9-4-5-10-18/h6-7,12H,4-5,8-11H2,1-3H3. The van der Waals surface area contributed by atoms with Gasteiger partial charge < -0.3 is 9.80 Å². The van der Waals surface area contributed by atoms with Crippen molar-refractivity contribution in [3.8, 4) is 0 Å². The molecule has 1 aliphatic rings. The van der Waals surface area contributed by atoms with Crippen LogP contribution in [0.2, 0.25) is 0 Å². The molecular weight excluding hydrogens is 264 g/mol. The Hall–Kier alpha value is -1.84. The van der Waals surface area contributed by atoms with E-state index in [-0.39, 0.29) is 11.8 Å². The molecule has 0 bridgehead atoms. The van der Waals surface area contributed by atoms with E-state index in [0.29, 0.717) is 13.0 Å². The third-order valence-electron chi connectivity index (χ3n) is 4.03. The predicted molar refractivity (Wildman–Crippen MR) is 84.4 cm³/mol. The monoisotopic (exact) mass is 288 g/mol. The molecule has 0 N–H and O–H groups in total. The molecule has 2 rings (SSSR count). The van der Waals surface area contributed by atoms with Crippen molar-refractivity contribution >= 4 is 17.5 Å². The van der Waals surface area contributed by atoms with Crippen LogP contribution in [0.15, 0.2) is 18.2 Å². The largest absolute Gasteiger partial charge is 0.343 e. The van der Waals surface area contributed by atoms with E-state index in [1.807, 2.05) is 30.9 Å². The van der Waals surface area contributed by atoms with Crippen molar-refractivity contribution < 1.29 is 9.59 Å². The van der Waals surface area contributed by atoms with Crippen LogP contribution in [0.1, 0.15) is 37.3 Å². The number of hydrogen-bond acceptors (Lipinski definition) is 2. The summed E-state index contributed by atoms with van der Waals surface area (Å²) in [7, 11) is 0. The molecule has 0 saturated carbocycles. The van der Waals surface area contributed by atoms with Gasteiger partial charge in [0.2, 0.25) is 11.8 Å². The number of amides is 2. The van der Waals surface area contributed by atoms with Crippen molar-refractivity contribution in [2.24, 2.45) is 0 Å². The summed E-state index contributed by atoms with van der Waals surface area (Å²) in [5.41, 5.74) is 3.15. The molecule has 4 heteroatoms. The molecule has 1 aliphatic heterocycles. The van der Waals surface area contributed by atoms with E-state index in [9.17, 15) is 9.59 Å². The minimum atomic E-state index is -0.0174. The Morgan fingerprint density at radius 2 is 1.86 bits per heavy atom. The minimum absolute atomic E-state index is 0.0174. The van der Waals surface area contributed by atoms with Gasteiger partial charge in [0.1, 0.15) is 0 Å². The van der Waals surface area contributed by atoms with Crippen LogP contribution in [0, 0.1) is 13.8 Å². The summed E-state index contributed by atoms with van der Waals surface area (Å²) in [4.78, 5) is 27.7. The number of carbonyl (C=O) groups is 2. The highest BCUT2D eigenvalue weighted by Crippen LogP contribution is 2.22. The third-order valence-corrected chi connectivity index (χ3v) is 4.03. The molecule has 4 nitrogen and oxygen atoms in total. The molecule has 1 aromatic rings. The van der Waals surface area contributed by atoms with Crippen LogP contribution in [0.3, 0.4) is 0 Å². The highest BCUT2D eigenvalue weighted by Gasteiger charge is 2.20. The Morgan fingerprint density at radius 3 is 2.43 bits per heavy atom. The highest BCUT2D eigenvalue weighted by molar-refractivity contribution is 5.93. The molecule has 0 spiro atoms. The second-order valence-electron chi connectivity index (χ2n) is 5.80. The Balaban J connectivity index is 2.05. The zero-order chi connectivity index (χ0) is 15.4. The van der Waals surface area contributed by atoms with E-state index >= 15 is 0 Å². The van der Waals surface area contributed by atoms with Gasteiger partial charge in [0.15, 0.2) is 0 Å². The van der Waals surface area contributed by atoms with E-state index in [4.69, 9.17) is 0 Å². The van der Waals surface area contributed by atoms with E-state index in [2.05, 4.69) is 6.07 Å². The first-order valence-electron chi connectivity index (χ1n) is 7.62. The van der Waals surface area contributed by atoms with Crippen molar-refractivity contribution in [1.82, 2.24) is 4.90 Å².